The normalized spacial score (nSPS) is 15.8. The summed E-state index contributed by atoms with van der Waals surface area (Å²) in [5.41, 5.74) is -0.208. The lowest BCUT2D eigenvalue weighted by Gasteiger charge is -2.14. The molecule has 0 spiro atoms. The van der Waals surface area contributed by atoms with Crippen molar-refractivity contribution in [3.05, 3.63) is 27.9 Å². The van der Waals surface area contributed by atoms with E-state index in [-0.39, 0.29) is 22.6 Å². The van der Waals surface area contributed by atoms with E-state index in [1.165, 1.54) is 6.07 Å². The van der Waals surface area contributed by atoms with E-state index in [1.807, 2.05) is 0 Å². The van der Waals surface area contributed by atoms with Crippen LogP contribution < -0.4 is 5.32 Å². The zero-order chi connectivity index (χ0) is 14.0. The second kappa shape index (κ2) is 4.83. The van der Waals surface area contributed by atoms with Gasteiger partial charge in [-0.3, -0.25) is 10.1 Å². The molecule has 0 bridgehead atoms. The largest absolute Gasteiger partial charge is 0.477 e. The van der Waals surface area contributed by atoms with Gasteiger partial charge in [-0.05, 0) is 30.7 Å². The highest BCUT2D eigenvalue weighted by Crippen LogP contribution is 2.48. The van der Waals surface area contributed by atoms with Crippen molar-refractivity contribution in [2.45, 2.75) is 26.2 Å². The second-order valence-electron chi connectivity index (χ2n) is 4.83. The number of carbonyl (C=O) groups is 1. The predicted octanol–water partition coefficient (Wildman–Crippen LogP) is 2.29. The van der Waals surface area contributed by atoms with Crippen molar-refractivity contribution in [1.29, 1.82) is 0 Å². The molecule has 0 radical (unpaired) electrons. The van der Waals surface area contributed by atoms with Crippen LogP contribution in [-0.2, 0) is 0 Å². The summed E-state index contributed by atoms with van der Waals surface area (Å²) in [4.78, 5) is 25.0. The number of pyridine rings is 1. The van der Waals surface area contributed by atoms with Gasteiger partial charge in [-0.2, -0.15) is 0 Å². The third-order valence-corrected chi connectivity index (χ3v) is 3.63. The summed E-state index contributed by atoms with van der Waals surface area (Å²) in [7, 11) is 0. The molecule has 0 unspecified atom stereocenters. The number of anilines is 1. The molecule has 1 aromatic heterocycles. The highest BCUT2D eigenvalue weighted by atomic mass is 16.6. The zero-order valence-corrected chi connectivity index (χ0v) is 10.5. The first-order chi connectivity index (χ1) is 8.97. The SMILES string of the molecule is CCC1(CNc2nc(C(=O)O)ccc2[N+](=O)[O-])CC1. The van der Waals surface area contributed by atoms with E-state index in [4.69, 9.17) is 5.11 Å². The fourth-order valence-corrected chi connectivity index (χ4v) is 1.95. The van der Waals surface area contributed by atoms with Crippen LogP contribution in [0.25, 0.3) is 0 Å². The van der Waals surface area contributed by atoms with Gasteiger partial charge in [0.25, 0.3) is 0 Å². The van der Waals surface area contributed by atoms with Gasteiger partial charge in [-0.25, -0.2) is 9.78 Å². The summed E-state index contributed by atoms with van der Waals surface area (Å²) in [6.45, 7) is 2.66. The van der Waals surface area contributed by atoms with Crippen LogP contribution in [-0.4, -0.2) is 27.5 Å². The number of hydrogen-bond donors (Lipinski definition) is 2. The molecule has 1 fully saturated rings. The van der Waals surface area contributed by atoms with Crippen LogP contribution in [0.3, 0.4) is 0 Å². The van der Waals surface area contributed by atoms with Crippen molar-refractivity contribution in [3.8, 4) is 0 Å². The minimum atomic E-state index is -1.20. The van der Waals surface area contributed by atoms with E-state index in [0.717, 1.165) is 25.3 Å². The predicted molar refractivity (Wildman–Crippen MR) is 68.3 cm³/mol. The van der Waals surface area contributed by atoms with Crippen LogP contribution >= 0.6 is 0 Å². The molecular weight excluding hydrogens is 250 g/mol. The molecule has 1 aliphatic carbocycles. The lowest BCUT2D eigenvalue weighted by atomic mass is 10.0. The maximum atomic E-state index is 10.9. The van der Waals surface area contributed by atoms with Crippen LogP contribution in [0, 0.1) is 15.5 Å². The lowest BCUT2D eigenvalue weighted by Crippen LogP contribution is -2.17. The van der Waals surface area contributed by atoms with Crippen LogP contribution in [0.1, 0.15) is 36.7 Å². The van der Waals surface area contributed by atoms with E-state index >= 15 is 0 Å². The number of nitro groups is 1. The van der Waals surface area contributed by atoms with E-state index in [9.17, 15) is 14.9 Å². The highest BCUT2D eigenvalue weighted by Gasteiger charge is 2.40. The number of aromatic nitrogens is 1. The number of carboxylic acid groups (broad SMARTS) is 1. The van der Waals surface area contributed by atoms with Crippen molar-refractivity contribution in [3.63, 3.8) is 0 Å². The fourth-order valence-electron chi connectivity index (χ4n) is 1.95. The van der Waals surface area contributed by atoms with Crippen molar-refractivity contribution in [1.82, 2.24) is 4.98 Å². The molecule has 0 amide bonds. The summed E-state index contributed by atoms with van der Waals surface area (Å²) in [6, 6.07) is 2.31. The summed E-state index contributed by atoms with van der Waals surface area (Å²) in [5.74, 6) is -1.17. The molecule has 19 heavy (non-hydrogen) atoms. The van der Waals surface area contributed by atoms with Gasteiger partial charge in [-0.15, -0.1) is 0 Å². The van der Waals surface area contributed by atoms with Crippen LogP contribution in [0.15, 0.2) is 12.1 Å². The Bertz CT molecular complexity index is 526. The fraction of sp³-hybridized carbons (Fsp3) is 0.500. The van der Waals surface area contributed by atoms with Gasteiger partial charge in [0.15, 0.2) is 5.69 Å². The Labute approximate surface area is 109 Å². The molecule has 2 rings (SSSR count). The van der Waals surface area contributed by atoms with Gasteiger partial charge >= 0.3 is 11.7 Å². The molecule has 0 saturated heterocycles. The average Bonchev–Trinajstić information content (AvgIpc) is 3.16. The molecule has 7 heteroatoms. The third kappa shape index (κ3) is 2.81. The number of nitrogens with zero attached hydrogens (tertiary/aromatic N) is 2. The monoisotopic (exact) mass is 265 g/mol. The summed E-state index contributed by atoms with van der Waals surface area (Å²) in [5, 5.41) is 22.7. The number of aromatic carboxylic acids is 1. The highest BCUT2D eigenvalue weighted by molar-refractivity contribution is 5.86. The van der Waals surface area contributed by atoms with Crippen LogP contribution in [0.5, 0.6) is 0 Å². The maximum absolute atomic E-state index is 10.9. The van der Waals surface area contributed by atoms with Crippen LogP contribution in [0.2, 0.25) is 0 Å². The lowest BCUT2D eigenvalue weighted by molar-refractivity contribution is -0.384. The molecule has 1 saturated carbocycles. The Morgan fingerprint density at radius 2 is 2.26 bits per heavy atom. The Balaban J connectivity index is 2.22. The number of hydrogen-bond acceptors (Lipinski definition) is 5. The molecule has 1 aromatic rings. The molecule has 102 valence electrons. The standard InChI is InChI=1S/C12H15N3O4/c1-2-12(5-6-12)7-13-10-9(15(18)19)4-3-8(14-10)11(16)17/h3-4H,2,5-7H2,1H3,(H,13,14)(H,16,17). The van der Waals surface area contributed by atoms with Crippen molar-refractivity contribution < 1.29 is 14.8 Å². The molecule has 0 aliphatic heterocycles. The Hall–Kier alpha value is -2.18. The molecule has 1 aliphatic rings. The van der Waals surface area contributed by atoms with Gasteiger partial charge in [0, 0.05) is 12.6 Å². The smallest absolute Gasteiger partial charge is 0.354 e. The van der Waals surface area contributed by atoms with E-state index in [0.29, 0.717) is 6.54 Å². The first kappa shape index (κ1) is 13.3. The number of nitrogens with one attached hydrogen (secondary N) is 1. The minimum Gasteiger partial charge on any atom is -0.477 e. The Morgan fingerprint density at radius 3 is 2.74 bits per heavy atom. The first-order valence-electron chi connectivity index (χ1n) is 6.10. The molecule has 1 heterocycles. The topological polar surface area (TPSA) is 105 Å². The maximum Gasteiger partial charge on any atom is 0.354 e. The minimum absolute atomic E-state index is 0.0321. The van der Waals surface area contributed by atoms with Crippen molar-refractivity contribution in [2.75, 3.05) is 11.9 Å². The number of rotatable bonds is 6. The molecule has 0 atom stereocenters. The van der Waals surface area contributed by atoms with Gasteiger partial charge in [0.05, 0.1) is 4.92 Å². The van der Waals surface area contributed by atoms with Crippen molar-refractivity contribution >= 4 is 17.5 Å². The van der Waals surface area contributed by atoms with Gasteiger partial charge in [0.2, 0.25) is 5.82 Å². The summed E-state index contributed by atoms with van der Waals surface area (Å²) >= 11 is 0. The average molecular weight is 265 g/mol. The molecule has 2 N–H and O–H groups in total. The van der Waals surface area contributed by atoms with E-state index < -0.39 is 10.9 Å². The Morgan fingerprint density at radius 1 is 1.58 bits per heavy atom. The number of carboxylic acids is 1. The van der Waals surface area contributed by atoms with Gasteiger partial charge in [-0.1, -0.05) is 6.92 Å². The summed E-state index contributed by atoms with van der Waals surface area (Å²) in [6.07, 6.45) is 3.16. The molecular formula is C12H15N3O4. The van der Waals surface area contributed by atoms with E-state index in [2.05, 4.69) is 17.2 Å². The van der Waals surface area contributed by atoms with Crippen molar-refractivity contribution in [2.24, 2.45) is 5.41 Å². The third-order valence-electron chi connectivity index (χ3n) is 3.63. The van der Waals surface area contributed by atoms with Crippen LogP contribution in [0.4, 0.5) is 11.5 Å². The van der Waals surface area contributed by atoms with Gasteiger partial charge < -0.3 is 10.4 Å². The molecule has 7 nitrogen and oxygen atoms in total. The summed E-state index contributed by atoms with van der Waals surface area (Å²) < 4.78 is 0. The Kier molecular flexibility index (Phi) is 3.37. The quantitative estimate of drug-likeness (QED) is 0.603. The van der Waals surface area contributed by atoms with Gasteiger partial charge in [0.1, 0.15) is 0 Å². The van der Waals surface area contributed by atoms with E-state index in [1.54, 1.807) is 0 Å². The first-order valence-corrected chi connectivity index (χ1v) is 6.10. The molecule has 0 aromatic carbocycles. The second-order valence-corrected chi connectivity index (χ2v) is 4.83. The zero-order valence-electron chi connectivity index (χ0n) is 10.5.